The van der Waals surface area contributed by atoms with Crippen molar-refractivity contribution in [2.24, 2.45) is 0 Å². The molecule has 1 saturated heterocycles. The van der Waals surface area contributed by atoms with Gasteiger partial charge >= 0.3 is 12.0 Å². The molecule has 1 aliphatic rings. The lowest BCUT2D eigenvalue weighted by Crippen LogP contribution is -2.41. The second-order valence-electron chi connectivity index (χ2n) is 6.83. The standard InChI is InChI=1S/C22H24N2O6/c1-15(20(25)24-22(27)23-17-6-3-2-4-7-17)30-21(26)16-9-11-18(12-10-16)29-14-19-8-5-13-28-19/h2-4,6-7,9-12,15,19H,5,8,13-14H2,1H3,(H2,23,24,25,27)/t15-,19+/m0/s1. The zero-order chi connectivity index (χ0) is 21.3. The van der Waals surface area contributed by atoms with E-state index in [4.69, 9.17) is 14.2 Å². The number of carbonyl (C=O) groups is 3. The van der Waals surface area contributed by atoms with Gasteiger partial charge in [-0.2, -0.15) is 0 Å². The van der Waals surface area contributed by atoms with Gasteiger partial charge in [0.15, 0.2) is 6.10 Å². The highest BCUT2D eigenvalue weighted by molar-refractivity contribution is 6.03. The monoisotopic (exact) mass is 412 g/mol. The van der Waals surface area contributed by atoms with Crippen LogP contribution in [0.4, 0.5) is 10.5 Å². The Kier molecular flexibility index (Phi) is 7.40. The SMILES string of the molecule is C[C@H](OC(=O)c1ccc(OC[C@H]2CCCO2)cc1)C(=O)NC(=O)Nc1ccccc1. The highest BCUT2D eigenvalue weighted by atomic mass is 16.5. The molecule has 8 nitrogen and oxygen atoms in total. The third-order valence-electron chi connectivity index (χ3n) is 4.47. The fraction of sp³-hybridized carbons (Fsp3) is 0.318. The molecule has 0 saturated carbocycles. The van der Waals surface area contributed by atoms with Gasteiger partial charge in [-0.1, -0.05) is 18.2 Å². The molecule has 30 heavy (non-hydrogen) atoms. The summed E-state index contributed by atoms with van der Waals surface area (Å²) in [4.78, 5) is 36.2. The van der Waals surface area contributed by atoms with Crippen molar-refractivity contribution < 1.29 is 28.6 Å². The number of hydrogen-bond donors (Lipinski definition) is 2. The molecule has 8 heteroatoms. The molecule has 0 aromatic heterocycles. The van der Waals surface area contributed by atoms with Gasteiger partial charge in [0, 0.05) is 12.3 Å². The van der Waals surface area contributed by atoms with Crippen LogP contribution in [0.2, 0.25) is 0 Å². The van der Waals surface area contributed by atoms with Crippen molar-refractivity contribution in [2.75, 3.05) is 18.5 Å². The van der Waals surface area contributed by atoms with Gasteiger partial charge in [-0.25, -0.2) is 9.59 Å². The highest BCUT2D eigenvalue weighted by Crippen LogP contribution is 2.17. The number of amides is 3. The van der Waals surface area contributed by atoms with Crippen molar-refractivity contribution in [1.29, 1.82) is 0 Å². The molecule has 2 N–H and O–H groups in total. The van der Waals surface area contributed by atoms with Gasteiger partial charge in [-0.15, -0.1) is 0 Å². The molecule has 3 rings (SSSR count). The van der Waals surface area contributed by atoms with E-state index in [1.165, 1.54) is 6.92 Å². The average molecular weight is 412 g/mol. The third kappa shape index (κ3) is 6.31. The third-order valence-corrected chi connectivity index (χ3v) is 4.47. The van der Waals surface area contributed by atoms with Crippen LogP contribution in [0.5, 0.6) is 5.75 Å². The van der Waals surface area contributed by atoms with E-state index in [-0.39, 0.29) is 11.7 Å². The zero-order valence-corrected chi connectivity index (χ0v) is 16.6. The van der Waals surface area contributed by atoms with Crippen molar-refractivity contribution in [3.8, 4) is 5.75 Å². The minimum Gasteiger partial charge on any atom is -0.491 e. The van der Waals surface area contributed by atoms with Crippen molar-refractivity contribution in [2.45, 2.75) is 32.0 Å². The smallest absolute Gasteiger partial charge is 0.338 e. The summed E-state index contributed by atoms with van der Waals surface area (Å²) in [5, 5.41) is 4.66. The average Bonchev–Trinajstić information content (AvgIpc) is 3.27. The lowest BCUT2D eigenvalue weighted by Gasteiger charge is -2.14. The molecule has 2 aromatic carbocycles. The normalized spacial score (nSPS) is 16.4. The molecular weight excluding hydrogens is 388 g/mol. The Morgan fingerprint density at radius 3 is 2.50 bits per heavy atom. The van der Waals surface area contributed by atoms with Crippen molar-refractivity contribution in [1.82, 2.24) is 5.32 Å². The predicted octanol–water partition coefficient (Wildman–Crippen LogP) is 3.14. The summed E-state index contributed by atoms with van der Waals surface area (Å²) in [6.07, 6.45) is 0.981. The largest absolute Gasteiger partial charge is 0.491 e. The molecule has 3 amide bonds. The van der Waals surface area contributed by atoms with Gasteiger partial charge in [0.25, 0.3) is 5.91 Å². The number of urea groups is 1. The summed E-state index contributed by atoms with van der Waals surface area (Å²) >= 11 is 0. The lowest BCUT2D eigenvalue weighted by atomic mass is 10.2. The fourth-order valence-corrected chi connectivity index (χ4v) is 2.83. The maximum absolute atomic E-state index is 12.3. The van der Waals surface area contributed by atoms with E-state index in [1.807, 2.05) is 0 Å². The molecule has 1 aliphatic heterocycles. The minimum absolute atomic E-state index is 0.105. The number of hydrogen-bond acceptors (Lipinski definition) is 6. The van der Waals surface area contributed by atoms with Crippen LogP contribution in [0.3, 0.4) is 0 Å². The Morgan fingerprint density at radius 2 is 1.83 bits per heavy atom. The van der Waals surface area contributed by atoms with E-state index in [1.54, 1.807) is 54.6 Å². The van der Waals surface area contributed by atoms with E-state index < -0.39 is 24.0 Å². The number of anilines is 1. The first-order chi connectivity index (χ1) is 14.5. The summed E-state index contributed by atoms with van der Waals surface area (Å²) in [5.41, 5.74) is 0.808. The topological polar surface area (TPSA) is 103 Å². The van der Waals surface area contributed by atoms with Gasteiger partial charge in [-0.3, -0.25) is 10.1 Å². The number of benzene rings is 2. The molecule has 1 fully saturated rings. The van der Waals surface area contributed by atoms with E-state index in [0.717, 1.165) is 19.4 Å². The Morgan fingerprint density at radius 1 is 1.10 bits per heavy atom. The Hall–Kier alpha value is -3.39. The Labute approximate surface area is 174 Å². The van der Waals surface area contributed by atoms with Crippen LogP contribution >= 0.6 is 0 Å². The van der Waals surface area contributed by atoms with Crippen LogP contribution < -0.4 is 15.4 Å². The fourth-order valence-electron chi connectivity index (χ4n) is 2.83. The summed E-state index contributed by atoms with van der Waals surface area (Å²) < 4.78 is 16.3. The molecular formula is C22H24N2O6. The molecule has 0 aliphatic carbocycles. The first kappa shape index (κ1) is 21.3. The number of imide groups is 1. The maximum atomic E-state index is 12.3. The van der Waals surface area contributed by atoms with E-state index in [9.17, 15) is 14.4 Å². The van der Waals surface area contributed by atoms with Crippen LogP contribution in [0.25, 0.3) is 0 Å². The number of para-hydroxylation sites is 1. The quantitative estimate of drug-likeness (QED) is 0.678. The van der Waals surface area contributed by atoms with Gasteiger partial charge in [-0.05, 0) is 56.2 Å². The van der Waals surface area contributed by atoms with Gasteiger partial charge < -0.3 is 19.5 Å². The summed E-state index contributed by atoms with van der Waals surface area (Å²) in [6.45, 7) is 2.62. The first-order valence-electron chi connectivity index (χ1n) is 9.73. The van der Waals surface area contributed by atoms with Gasteiger partial charge in [0.1, 0.15) is 12.4 Å². The lowest BCUT2D eigenvalue weighted by molar-refractivity contribution is -0.127. The zero-order valence-electron chi connectivity index (χ0n) is 16.6. The van der Waals surface area contributed by atoms with Crippen LogP contribution in [-0.2, 0) is 14.3 Å². The maximum Gasteiger partial charge on any atom is 0.338 e. The number of rotatable bonds is 7. The number of carbonyl (C=O) groups excluding carboxylic acids is 3. The Bertz CT molecular complexity index is 863. The summed E-state index contributed by atoms with van der Waals surface area (Å²) in [6, 6.07) is 14.4. The highest BCUT2D eigenvalue weighted by Gasteiger charge is 2.21. The first-order valence-corrected chi connectivity index (χ1v) is 9.73. The Balaban J connectivity index is 1.44. The summed E-state index contributed by atoms with van der Waals surface area (Å²) in [7, 11) is 0. The molecule has 0 spiro atoms. The van der Waals surface area contributed by atoms with Crippen molar-refractivity contribution in [3.05, 3.63) is 60.2 Å². The second kappa shape index (κ2) is 10.4. The molecule has 2 atom stereocenters. The molecule has 1 heterocycles. The summed E-state index contributed by atoms with van der Waals surface area (Å²) in [5.74, 6) is -0.787. The molecule has 158 valence electrons. The van der Waals surface area contributed by atoms with Gasteiger partial charge in [0.2, 0.25) is 0 Å². The predicted molar refractivity (Wildman–Crippen MR) is 109 cm³/mol. The van der Waals surface area contributed by atoms with Crippen LogP contribution in [0.1, 0.15) is 30.1 Å². The van der Waals surface area contributed by atoms with E-state index in [2.05, 4.69) is 10.6 Å². The van der Waals surface area contributed by atoms with E-state index in [0.29, 0.717) is 18.0 Å². The van der Waals surface area contributed by atoms with Crippen LogP contribution in [0.15, 0.2) is 54.6 Å². The van der Waals surface area contributed by atoms with Crippen LogP contribution in [-0.4, -0.2) is 43.3 Å². The van der Waals surface area contributed by atoms with Crippen LogP contribution in [0, 0.1) is 0 Å². The molecule has 2 aromatic rings. The number of nitrogens with one attached hydrogen (secondary N) is 2. The molecule has 0 bridgehead atoms. The minimum atomic E-state index is -1.14. The second-order valence-corrected chi connectivity index (χ2v) is 6.83. The van der Waals surface area contributed by atoms with Crippen molar-refractivity contribution in [3.63, 3.8) is 0 Å². The number of ether oxygens (including phenoxy) is 3. The van der Waals surface area contributed by atoms with E-state index >= 15 is 0 Å². The number of esters is 1. The molecule has 0 radical (unpaired) electrons. The van der Waals surface area contributed by atoms with Crippen molar-refractivity contribution >= 4 is 23.6 Å². The van der Waals surface area contributed by atoms with Gasteiger partial charge in [0.05, 0.1) is 11.7 Å². The molecule has 0 unspecified atom stereocenters.